The SMILES string of the molecule is COCC(=O)NC[C@H]1Cc2cc(Cl)cc(-c3ccc4[nH]ccc4c3)c2O1. The predicted octanol–water partition coefficient (Wildman–Crippen LogP) is 3.55. The van der Waals surface area contributed by atoms with Crippen LogP contribution in [0.25, 0.3) is 22.0 Å². The maximum absolute atomic E-state index is 11.6. The van der Waals surface area contributed by atoms with Crippen molar-refractivity contribution in [2.75, 3.05) is 20.3 Å². The Morgan fingerprint density at radius 2 is 2.23 bits per heavy atom. The molecule has 26 heavy (non-hydrogen) atoms. The van der Waals surface area contributed by atoms with Crippen molar-refractivity contribution >= 4 is 28.4 Å². The Hall–Kier alpha value is -2.50. The fourth-order valence-electron chi connectivity index (χ4n) is 3.35. The Balaban J connectivity index is 1.60. The second-order valence-electron chi connectivity index (χ2n) is 6.40. The van der Waals surface area contributed by atoms with Crippen LogP contribution in [0.1, 0.15) is 5.56 Å². The molecule has 0 saturated heterocycles. The molecule has 1 atom stereocenters. The van der Waals surface area contributed by atoms with E-state index in [4.69, 9.17) is 21.1 Å². The number of halogens is 1. The first-order valence-corrected chi connectivity index (χ1v) is 8.84. The molecule has 2 N–H and O–H groups in total. The van der Waals surface area contributed by atoms with Crippen LogP contribution in [0.3, 0.4) is 0 Å². The zero-order valence-electron chi connectivity index (χ0n) is 14.3. The summed E-state index contributed by atoms with van der Waals surface area (Å²) in [6.07, 6.45) is 2.52. The molecular weight excluding hydrogens is 352 g/mol. The minimum atomic E-state index is -0.150. The molecular formula is C20H19ClN2O3. The van der Waals surface area contributed by atoms with E-state index >= 15 is 0 Å². The Kier molecular flexibility index (Phi) is 4.57. The van der Waals surface area contributed by atoms with Gasteiger partial charge < -0.3 is 19.8 Å². The zero-order valence-corrected chi connectivity index (χ0v) is 15.1. The van der Waals surface area contributed by atoms with Crippen LogP contribution in [0.2, 0.25) is 5.02 Å². The van der Waals surface area contributed by atoms with E-state index in [0.29, 0.717) is 18.0 Å². The lowest BCUT2D eigenvalue weighted by atomic mass is 9.99. The van der Waals surface area contributed by atoms with Gasteiger partial charge in [-0.05, 0) is 41.3 Å². The second-order valence-corrected chi connectivity index (χ2v) is 6.84. The van der Waals surface area contributed by atoms with Gasteiger partial charge in [-0.2, -0.15) is 0 Å². The van der Waals surface area contributed by atoms with Gasteiger partial charge in [-0.15, -0.1) is 0 Å². The third-order valence-corrected chi connectivity index (χ3v) is 4.75. The van der Waals surface area contributed by atoms with Crippen LogP contribution in [0.4, 0.5) is 0 Å². The van der Waals surface area contributed by atoms with Gasteiger partial charge in [0.1, 0.15) is 18.5 Å². The van der Waals surface area contributed by atoms with E-state index in [9.17, 15) is 4.79 Å². The van der Waals surface area contributed by atoms with Gasteiger partial charge in [0, 0.05) is 41.4 Å². The number of hydrogen-bond donors (Lipinski definition) is 2. The lowest BCUT2D eigenvalue weighted by molar-refractivity contribution is -0.125. The number of amides is 1. The molecule has 0 spiro atoms. The highest BCUT2D eigenvalue weighted by molar-refractivity contribution is 6.31. The standard InChI is InChI=1S/C20H19ClN2O3/c1-25-11-19(24)23-10-16-8-14-7-15(21)9-17(20(14)26-16)12-2-3-18-13(6-12)4-5-22-18/h2-7,9,16,22H,8,10-11H2,1H3,(H,23,24)/t16-/m1/s1. The summed E-state index contributed by atoms with van der Waals surface area (Å²) >= 11 is 6.34. The van der Waals surface area contributed by atoms with Gasteiger partial charge in [0.25, 0.3) is 0 Å². The fourth-order valence-corrected chi connectivity index (χ4v) is 3.59. The number of methoxy groups -OCH3 is 1. The highest BCUT2D eigenvalue weighted by atomic mass is 35.5. The summed E-state index contributed by atoms with van der Waals surface area (Å²) < 4.78 is 11.0. The zero-order chi connectivity index (χ0) is 18.1. The maximum atomic E-state index is 11.6. The monoisotopic (exact) mass is 370 g/mol. The molecule has 0 aliphatic carbocycles. The molecule has 1 aliphatic heterocycles. The van der Waals surface area contributed by atoms with E-state index in [1.165, 1.54) is 7.11 Å². The smallest absolute Gasteiger partial charge is 0.246 e. The molecule has 4 rings (SSSR count). The van der Waals surface area contributed by atoms with E-state index in [1.807, 2.05) is 24.4 Å². The molecule has 6 heteroatoms. The van der Waals surface area contributed by atoms with Gasteiger partial charge in [0.2, 0.25) is 5.91 Å². The Morgan fingerprint density at radius 3 is 3.08 bits per heavy atom. The second kappa shape index (κ2) is 7.02. The molecule has 1 aliphatic rings. The molecule has 3 aromatic rings. The van der Waals surface area contributed by atoms with Crippen LogP contribution in [0.5, 0.6) is 5.75 Å². The number of nitrogens with one attached hydrogen (secondary N) is 2. The van der Waals surface area contributed by atoms with Crippen molar-refractivity contribution < 1.29 is 14.3 Å². The van der Waals surface area contributed by atoms with Crippen molar-refractivity contribution in [3.8, 4) is 16.9 Å². The van der Waals surface area contributed by atoms with Crippen LogP contribution in [-0.2, 0) is 16.0 Å². The number of H-pyrrole nitrogens is 1. The molecule has 134 valence electrons. The van der Waals surface area contributed by atoms with Crippen LogP contribution in [0.15, 0.2) is 42.6 Å². The minimum absolute atomic E-state index is 0.0490. The summed E-state index contributed by atoms with van der Waals surface area (Å²) in [6.45, 7) is 0.484. The van der Waals surface area contributed by atoms with Crippen LogP contribution in [0, 0.1) is 0 Å². The number of hydrogen-bond acceptors (Lipinski definition) is 3. The Morgan fingerprint density at radius 1 is 1.35 bits per heavy atom. The van der Waals surface area contributed by atoms with E-state index < -0.39 is 0 Å². The van der Waals surface area contributed by atoms with E-state index in [0.717, 1.165) is 33.3 Å². The molecule has 0 bridgehead atoms. The first-order chi connectivity index (χ1) is 12.6. The topological polar surface area (TPSA) is 63.3 Å². The Labute approximate surface area is 156 Å². The summed E-state index contributed by atoms with van der Waals surface area (Å²) in [4.78, 5) is 14.8. The van der Waals surface area contributed by atoms with Crippen molar-refractivity contribution in [3.63, 3.8) is 0 Å². The van der Waals surface area contributed by atoms with Gasteiger partial charge in [-0.1, -0.05) is 17.7 Å². The van der Waals surface area contributed by atoms with Crippen LogP contribution >= 0.6 is 11.6 Å². The summed E-state index contributed by atoms with van der Waals surface area (Å²) in [7, 11) is 1.50. The van der Waals surface area contributed by atoms with E-state index in [2.05, 4.69) is 28.5 Å². The van der Waals surface area contributed by atoms with Crippen molar-refractivity contribution in [2.24, 2.45) is 0 Å². The molecule has 0 radical (unpaired) electrons. The average Bonchev–Trinajstić information content (AvgIpc) is 3.25. The highest BCUT2D eigenvalue weighted by Crippen LogP contribution is 2.41. The summed E-state index contributed by atoms with van der Waals surface area (Å²) in [5.41, 5.74) is 4.18. The summed E-state index contributed by atoms with van der Waals surface area (Å²) in [6, 6.07) is 12.1. The molecule has 0 saturated carbocycles. The lowest BCUT2D eigenvalue weighted by Gasteiger charge is -2.14. The van der Waals surface area contributed by atoms with Crippen molar-refractivity contribution in [3.05, 3.63) is 53.2 Å². The average molecular weight is 371 g/mol. The minimum Gasteiger partial charge on any atom is -0.487 e. The predicted molar refractivity (Wildman–Crippen MR) is 102 cm³/mol. The molecule has 2 heterocycles. The first-order valence-electron chi connectivity index (χ1n) is 8.46. The molecule has 5 nitrogen and oxygen atoms in total. The third-order valence-electron chi connectivity index (χ3n) is 4.53. The summed E-state index contributed by atoms with van der Waals surface area (Å²) in [5.74, 6) is 0.693. The first kappa shape index (κ1) is 16.9. The third kappa shape index (κ3) is 3.28. The number of fused-ring (bicyclic) bond motifs is 2. The van der Waals surface area contributed by atoms with Gasteiger partial charge in [0.05, 0.1) is 6.54 Å². The normalized spacial score (nSPS) is 15.7. The lowest BCUT2D eigenvalue weighted by Crippen LogP contribution is -2.36. The quantitative estimate of drug-likeness (QED) is 0.721. The van der Waals surface area contributed by atoms with E-state index in [-0.39, 0.29) is 18.6 Å². The molecule has 0 fully saturated rings. The number of aromatic amines is 1. The molecule has 1 aromatic heterocycles. The molecule has 0 unspecified atom stereocenters. The number of ether oxygens (including phenoxy) is 2. The van der Waals surface area contributed by atoms with Crippen molar-refractivity contribution in [1.29, 1.82) is 0 Å². The number of carbonyl (C=O) groups is 1. The number of rotatable bonds is 5. The van der Waals surface area contributed by atoms with Crippen LogP contribution < -0.4 is 10.1 Å². The highest BCUT2D eigenvalue weighted by Gasteiger charge is 2.27. The Bertz CT molecular complexity index is 967. The fraction of sp³-hybridized carbons (Fsp3) is 0.250. The molecule has 2 aromatic carbocycles. The van der Waals surface area contributed by atoms with Crippen molar-refractivity contribution in [1.82, 2.24) is 10.3 Å². The molecule has 1 amide bonds. The van der Waals surface area contributed by atoms with Gasteiger partial charge in [-0.3, -0.25) is 4.79 Å². The van der Waals surface area contributed by atoms with Gasteiger partial charge in [0.15, 0.2) is 0 Å². The summed E-state index contributed by atoms with van der Waals surface area (Å²) in [5, 5.41) is 4.65. The van der Waals surface area contributed by atoms with Gasteiger partial charge in [-0.25, -0.2) is 0 Å². The van der Waals surface area contributed by atoms with Crippen molar-refractivity contribution in [2.45, 2.75) is 12.5 Å². The van der Waals surface area contributed by atoms with E-state index in [1.54, 1.807) is 0 Å². The van der Waals surface area contributed by atoms with Crippen LogP contribution in [-0.4, -0.2) is 37.3 Å². The largest absolute Gasteiger partial charge is 0.487 e. The maximum Gasteiger partial charge on any atom is 0.246 e. The van der Waals surface area contributed by atoms with Gasteiger partial charge >= 0.3 is 0 Å². The number of aromatic nitrogens is 1. The number of benzene rings is 2. The number of carbonyl (C=O) groups excluding carboxylic acids is 1.